The number of hydrogen-bond acceptors (Lipinski definition) is 4. The van der Waals surface area contributed by atoms with Crippen LogP contribution in [0.1, 0.15) is 0 Å². The van der Waals surface area contributed by atoms with Crippen molar-refractivity contribution in [2.45, 2.75) is 0 Å². The maximum atomic E-state index is 5.68. The Morgan fingerprint density at radius 3 is 3.00 bits per heavy atom. The molecule has 0 atom stereocenters. The Labute approximate surface area is 93.1 Å². The number of aromatic nitrogens is 4. The Morgan fingerprint density at radius 2 is 2.36 bits per heavy atom. The summed E-state index contributed by atoms with van der Waals surface area (Å²) >= 11 is 8.22. The molecule has 0 saturated heterocycles. The summed E-state index contributed by atoms with van der Waals surface area (Å²) < 4.78 is 2.57. The third-order valence-electron chi connectivity index (χ3n) is 1.60. The number of nitrogen functional groups attached to an aromatic ring is 1. The first-order valence-corrected chi connectivity index (χ1v) is 4.94. The highest BCUT2D eigenvalue weighted by Crippen LogP contribution is 2.22. The van der Waals surface area contributed by atoms with Gasteiger partial charge in [-0.25, -0.2) is 4.68 Å². The SMILES string of the molecule is Nc1[nH]c(=S)nc(-n2cccn2)c1Br. The van der Waals surface area contributed by atoms with Crippen molar-refractivity contribution >= 4 is 34.0 Å². The minimum absolute atomic E-state index is 0.330. The predicted molar refractivity (Wildman–Crippen MR) is 58.7 cm³/mol. The summed E-state index contributed by atoms with van der Waals surface area (Å²) in [6.45, 7) is 0. The zero-order chi connectivity index (χ0) is 10.1. The number of halogens is 1. The normalized spacial score (nSPS) is 10.4. The molecule has 0 aliphatic carbocycles. The van der Waals surface area contributed by atoms with Crippen molar-refractivity contribution < 1.29 is 0 Å². The number of aromatic amines is 1. The van der Waals surface area contributed by atoms with E-state index in [0.717, 1.165) is 0 Å². The van der Waals surface area contributed by atoms with E-state index in [-0.39, 0.29) is 0 Å². The first-order valence-electron chi connectivity index (χ1n) is 3.74. The predicted octanol–water partition coefficient (Wildman–Crippen LogP) is 1.67. The second kappa shape index (κ2) is 3.50. The molecule has 0 radical (unpaired) electrons. The van der Waals surface area contributed by atoms with Crippen molar-refractivity contribution in [3.8, 4) is 5.82 Å². The van der Waals surface area contributed by atoms with Crippen LogP contribution in [0, 0.1) is 4.77 Å². The highest BCUT2D eigenvalue weighted by atomic mass is 79.9. The maximum absolute atomic E-state index is 5.68. The van der Waals surface area contributed by atoms with Crippen molar-refractivity contribution in [1.82, 2.24) is 19.7 Å². The van der Waals surface area contributed by atoms with E-state index in [9.17, 15) is 0 Å². The Balaban J connectivity index is 2.70. The van der Waals surface area contributed by atoms with Crippen LogP contribution in [-0.2, 0) is 0 Å². The molecular formula is C7H6BrN5S. The van der Waals surface area contributed by atoms with Gasteiger partial charge in [-0.3, -0.25) is 0 Å². The van der Waals surface area contributed by atoms with Gasteiger partial charge in [-0.1, -0.05) is 0 Å². The smallest absolute Gasteiger partial charge is 0.200 e. The van der Waals surface area contributed by atoms with Crippen molar-refractivity contribution in [2.24, 2.45) is 0 Å². The van der Waals surface area contributed by atoms with Gasteiger partial charge in [-0.15, -0.1) is 0 Å². The fourth-order valence-electron chi connectivity index (χ4n) is 1.01. The van der Waals surface area contributed by atoms with Crippen LogP contribution < -0.4 is 5.73 Å². The fraction of sp³-hybridized carbons (Fsp3) is 0. The molecule has 0 fully saturated rings. The summed E-state index contributed by atoms with van der Waals surface area (Å²) in [5.41, 5.74) is 5.68. The summed E-state index contributed by atoms with van der Waals surface area (Å²) in [7, 11) is 0. The minimum Gasteiger partial charge on any atom is -0.384 e. The van der Waals surface area contributed by atoms with Crippen LogP contribution in [0.2, 0.25) is 0 Å². The first-order chi connectivity index (χ1) is 6.68. The van der Waals surface area contributed by atoms with Crippen molar-refractivity contribution in [2.75, 3.05) is 5.73 Å². The van der Waals surface area contributed by atoms with E-state index in [1.165, 1.54) is 0 Å². The molecule has 7 heteroatoms. The molecule has 0 saturated carbocycles. The average Bonchev–Trinajstić information content (AvgIpc) is 2.63. The average molecular weight is 272 g/mol. The number of nitrogens with one attached hydrogen (secondary N) is 1. The van der Waals surface area contributed by atoms with Gasteiger partial charge >= 0.3 is 0 Å². The Kier molecular flexibility index (Phi) is 2.34. The topological polar surface area (TPSA) is 72.5 Å². The first kappa shape index (κ1) is 9.35. The third-order valence-corrected chi connectivity index (χ3v) is 2.58. The maximum Gasteiger partial charge on any atom is 0.200 e. The molecule has 2 aromatic rings. The molecular weight excluding hydrogens is 266 g/mol. The summed E-state index contributed by atoms with van der Waals surface area (Å²) in [6.07, 6.45) is 3.42. The Morgan fingerprint density at radius 1 is 1.57 bits per heavy atom. The molecule has 2 rings (SSSR count). The molecule has 72 valence electrons. The van der Waals surface area contributed by atoms with Crippen LogP contribution >= 0.6 is 28.1 Å². The lowest BCUT2D eigenvalue weighted by Crippen LogP contribution is -2.04. The van der Waals surface area contributed by atoms with Crippen LogP contribution in [0.3, 0.4) is 0 Å². The molecule has 2 heterocycles. The van der Waals surface area contributed by atoms with E-state index in [4.69, 9.17) is 18.0 Å². The zero-order valence-electron chi connectivity index (χ0n) is 6.94. The quantitative estimate of drug-likeness (QED) is 0.774. The molecule has 0 unspecified atom stereocenters. The summed E-state index contributed by atoms with van der Waals surface area (Å²) in [5.74, 6) is 1.02. The fourth-order valence-corrected chi connectivity index (χ4v) is 1.58. The van der Waals surface area contributed by atoms with Gasteiger partial charge in [-0.05, 0) is 34.2 Å². The standard InChI is InChI=1S/C7H6BrN5S/c8-4-5(9)11-7(14)12-6(4)13-3-1-2-10-13/h1-3H,(H3,9,11,12,14). The second-order valence-electron chi connectivity index (χ2n) is 2.54. The van der Waals surface area contributed by atoms with Crippen LogP contribution in [0.5, 0.6) is 0 Å². The number of hydrogen-bond donors (Lipinski definition) is 2. The molecule has 0 aromatic carbocycles. The zero-order valence-corrected chi connectivity index (χ0v) is 9.34. The largest absolute Gasteiger partial charge is 0.384 e. The monoisotopic (exact) mass is 271 g/mol. The lowest BCUT2D eigenvalue weighted by molar-refractivity contribution is 0.831. The van der Waals surface area contributed by atoms with Gasteiger partial charge in [0.15, 0.2) is 10.6 Å². The number of H-pyrrole nitrogens is 1. The third kappa shape index (κ3) is 1.55. The van der Waals surface area contributed by atoms with Gasteiger partial charge < -0.3 is 10.7 Å². The summed E-state index contributed by atoms with van der Waals surface area (Å²) in [4.78, 5) is 6.84. The number of nitrogens with zero attached hydrogens (tertiary/aromatic N) is 3. The lowest BCUT2D eigenvalue weighted by atomic mass is 10.5. The van der Waals surface area contributed by atoms with Crippen LogP contribution in [-0.4, -0.2) is 19.7 Å². The van der Waals surface area contributed by atoms with Crippen LogP contribution in [0.25, 0.3) is 5.82 Å². The van der Waals surface area contributed by atoms with Crippen LogP contribution in [0.15, 0.2) is 22.9 Å². The van der Waals surface area contributed by atoms with Gasteiger partial charge in [0.05, 0.1) is 0 Å². The van der Waals surface area contributed by atoms with E-state index in [1.807, 2.05) is 0 Å². The van der Waals surface area contributed by atoms with E-state index >= 15 is 0 Å². The van der Waals surface area contributed by atoms with Crippen molar-refractivity contribution in [3.05, 3.63) is 27.7 Å². The molecule has 5 nitrogen and oxygen atoms in total. The molecule has 3 N–H and O–H groups in total. The van der Waals surface area contributed by atoms with Gasteiger partial charge in [0.1, 0.15) is 10.3 Å². The Hall–Kier alpha value is -1.21. The van der Waals surface area contributed by atoms with E-state index < -0.39 is 0 Å². The summed E-state index contributed by atoms with van der Waals surface area (Å²) in [6, 6.07) is 1.80. The number of anilines is 1. The highest BCUT2D eigenvalue weighted by Gasteiger charge is 2.07. The molecule has 0 bridgehead atoms. The van der Waals surface area contributed by atoms with E-state index in [2.05, 4.69) is 31.0 Å². The second-order valence-corrected chi connectivity index (χ2v) is 3.72. The van der Waals surface area contributed by atoms with Crippen LogP contribution in [0.4, 0.5) is 5.82 Å². The van der Waals surface area contributed by atoms with Gasteiger partial charge in [0, 0.05) is 12.4 Å². The Bertz CT molecular complexity index is 503. The van der Waals surface area contributed by atoms with E-state index in [1.54, 1.807) is 23.1 Å². The molecule has 0 spiro atoms. The summed E-state index contributed by atoms with van der Waals surface area (Å²) in [5, 5.41) is 4.04. The molecule has 0 amide bonds. The van der Waals surface area contributed by atoms with E-state index in [0.29, 0.717) is 20.9 Å². The van der Waals surface area contributed by atoms with Gasteiger partial charge in [-0.2, -0.15) is 10.1 Å². The lowest BCUT2D eigenvalue weighted by Gasteiger charge is -2.04. The van der Waals surface area contributed by atoms with Crippen molar-refractivity contribution in [1.29, 1.82) is 0 Å². The number of nitrogens with two attached hydrogens (primary N) is 1. The molecule has 0 aliphatic rings. The molecule has 2 aromatic heterocycles. The molecule has 14 heavy (non-hydrogen) atoms. The van der Waals surface area contributed by atoms with Gasteiger partial charge in [0.2, 0.25) is 0 Å². The highest BCUT2D eigenvalue weighted by molar-refractivity contribution is 9.10. The minimum atomic E-state index is 0.330. The number of rotatable bonds is 1. The van der Waals surface area contributed by atoms with Gasteiger partial charge in [0.25, 0.3) is 0 Å². The molecule has 0 aliphatic heterocycles. The van der Waals surface area contributed by atoms with Crippen molar-refractivity contribution in [3.63, 3.8) is 0 Å².